The summed E-state index contributed by atoms with van der Waals surface area (Å²) in [6.07, 6.45) is 2.58. The fraction of sp³-hybridized carbons (Fsp3) is 0.643. The summed E-state index contributed by atoms with van der Waals surface area (Å²) in [6.45, 7) is 6.02. The van der Waals surface area contributed by atoms with Crippen molar-refractivity contribution in [3.05, 3.63) is 24.2 Å². The molecule has 2 rings (SSSR count). The van der Waals surface area contributed by atoms with E-state index in [0.717, 1.165) is 18.7 Å². The molecule has 1 aliphatic rings. The maximum absolute atomic E-state index is 12.4. The first kappa shape index (κ1) is 14.1. The Morgan fingerprint density at radius 3 is 2.84 bits per heavy atom. The molecule has 0 bridgehead atoms. The lowest BCUT2D eigenvalue weighted by atomic mass is 9.96. The minimum Gasteiger partial charge on any atom is -0.468 e. The van der Waals surface area contributed by atoms with E-state index in [4.69, 9.17) is 10.2 Å². The second-order valence-corrected chi connectivity index (χ2v) is 5.78. The van der Waals surface area contributed by atoms with Gasteiger partial charge in [-0.1, -0.05) is 0 Å². The highest BCUT2D eigenvalue weighted by Gasteiger charge is 2.40. The number of furan rings is 1. The third-order valence-electron chi connectivity index (χ3n) is 4.00. The molecule has 2 N–H and O–H groups in total. The van der Waals surface area contributed by atoms with Crippen LogP contribution in [-0.2, 0) is 11.3 Å². The van der Waals surface area contributed by atoms with Gasteiger partial charge in [0.2, 0.25) is 5.91 Å². The predicted molar refractivity (Wildman–Crippen MR) is 73.4 cm³/mol. The van der Waals surface area contributed by atoms with E-state index < -0.39 is 0 Å². The molecule has 0 spiro atoms. The number of hydrogen-bond acceptors (Lipinski definition) is 4. The van der Waals surface area contributed by atoms with Crippen molar-refractivity contribution in [3.8, 4) is 0 Å². The number of rotatable bonds is 3. The predicted octanol–water partition coefficient (Wildman–Crippen LogP) is 1.05. The molecule has 1 saturated heterocycles. The van der Waals surface area contributed by atoms with E-state index in [1.807, 2.05) is 19.2 Å². The number of hydrogen-bond donors (Lipinski definition) is 1. The largest absolute Gasteiger partial charge is 0.468 e. The van der Waals surface area contributed by atoms with Crippen molar-refractivity contribution in [1.82, 2.24) is 9.80 Å². The van der Waals surface area contributed by atoms with Crippen LogP contribution in [0.15, 0.2) is 22.8 Å². The van der Waals surface area contributed by atoms with Crippen molar-refractivity contribution < 1.29 is 9.21 Å². The minimum atomic E-state index is -0.285. The molecule has 1 amide bonds. The number of carbonyl (C=O) groups is 1. The second kappa shape index (κ2) is 5.35. The van der Waals surface area contributed by atoms with E-state index in [1.165, 1.54) is 0 Å². The van der Waals surface area contributed by atoms with Crippen LogP contribution in [0.5, 0.6) is 0 Å². The average Bonchev–Trinajstić information content (AvgIpc) is 2.85. The van der Waals surface area contributed by atoms with Gasteiger partial charge < -0.3 is 15.1 Å². The summed E-state index contributed by atoms with van der Waals surface area (Å²) in [5, 5.41) is 0. The number of nitrogens with two attached hydrogens (primary N) is 1. The van der Waals surface area contributed by atoms with Crippen LogP contribution < -0.4 is 5.73 Å². The normalized spacial score (nSPS) is 24.5. The zero-order chi connectivity index (χ0) is 14.0. The molecule has 5 heteroatoms. The Kier molecular flexibility index (Phi) is 3.96. The Labute approximate surface area is 114 Å². The first-order valence-corrected chi connectivity index (χ1v) is 6.70. The van der Waals surface area contributed by atoms with Crippen molar-refractivity contribution in [2.75, 3.05) is 20.1 Å². The molecule has 19 heavy (non-hydrogen) atoms. The standard InChI is InChI=1S/C14H23N3O2/c1-14(2)6-7-16(3)13(18)12(9-15)17(14)10-11-5-4-8-19-11/h4-5,8,12H,6-7,9-10,15H2,1-3H3. The zero-order valence-corrected chi connectivity index (χ0v) is 11.9. The van der Waals surface area contributed by atoms with Gasteiger partial charge in [0.1, 0.15) is 11.8 Å². The molecule has 0 aliphatic carbocycles. The first-order valence-electron chi connectivity index (χ1n) is 6.70. The molecule has 0 saturated carbocycles. The van der Waals surface area contributed by atoms with Gasteiger partial charge in [-0.3, -0.25) is 9.69 Å². The molecule has 5 nitrogen and oxygen atoms in total. The zero-order valence-electron chi connectivity index (χ0n) is 11.9. The lowest BCUT2D eigenvalue weighted by Crippen LogP contribution is -2.55. The molecule has 1 aromatic heterocycles. The van der Waals surface area contributed by atoms with Gasteiger partial charge >= 0.3 is 0 Å². The number of carbonyl (C=O) groups excluding carboxylic acids is 1. The molecule has 0 radical (unpaired) electrons. The second-order valence-electron chi connectivity index (χ2n) is 5.78. The van der Waals surface area contributed by atoms with E-state index in [2.05, 4.69) is 18.7 Å². The third-order valence-corrected chi connectivity index (χ3v) is 4.00. The molecule has 1 atom stereocenters. The van der Waals surface area contributed by atoms with Crippen LogP contribution in [0.4, 0.5) is 0 Å². The van der Waals surface area contributed by atoms with Gasteiger partial charge in [0.05, 0.1) is 12.8 Å². The van der Waals surface area contributed by atoms with Crippen molar-refractivity contribution >= 4 is 5.91 Å². The molecule has 1 aromatic rings. The van der Waals surface area contributed by atoms with Crippen molar-refractivity contribution in [1.29, 1.82) is 0 Å². The van der Waals surface area contributed by atoms with Gasteiger partial charge in [-0.15, -0.1) is 0 Å². The van der Waals surface area contributed by atoms with E-state index in [1.54, 1.807) is 11.2 Å². The van der Waals surface area contributed by atoms with Crippen LogP contribution in [0.2, 0.25) is 0 Å². The monoisotopic (exact) mass is 265 g/mol. The summed E-state index contributed by atoms with van der Waals surface area (Å²) in [7, 11) is 1.84. The van der Waals surface area contributed by atoms with Crippen molar-refractivity contribution in [3.63, 3.8) is 0 Å². The van der Waals surface area contributed by atoms with Gasteiger partial charge in [0.15, 0.2) is 0 Å². The molecule has 2 heterocycles. The number of amides is 1. The Hall–Kier alpha value is -1.33. The van der Waals surface area contributed by atoms with Gasteiger partial charge in [-0.05, 0) is 32.4 Å². The van der Waals surface area contributed by atoms with Crippen LogP contribution in [0, 0.1) is 0 Å². The molecule has 1 unspecified atom stereocenters. The Bertz CT molecular complexity index is 428. The minimum absolute atomic E-state index is 0.0861. The summed E-state index contributed by atoms with van der Waals surface area (Å²) in [6, 6.07) is 3.52. The van der Waals surface area contributed by atoms with Crippen molar-refractivity contribution in [2.45, 2.75) is 38.4 Å². The number of nitrogens with zero attached hydrogens (tertiary/aromatic N) is 2. The summed E-state index contributed by atoms with van der Waals surface area (Å²) < 4.78 is 5.42. The van der Waals surface area contributed by atoms with Crippen LogP contribution in [0.25, 0.3) is 0 Å². The maximum Gasteiger partial charge on any atom is 0.241 e. The number of likely N-dealkylation sites (N-methyl/N-ethyl adjacent to an activating group) is 1. The van der Waals surface area contributed by atoms with Gasteiger partial charge in [-0.25, -0.2) is 0 Å². The highest BCUT2D eigenvalue weighted by molar-refractivity contribution is 5.82. The van der Waals surface area contributed by atoms with Crippen LogP contribution in [0.3, 0.4) is 0 Å². The summed E-state index contributed by atoms with van der Waals surface area (Å²) in [4.78, 5) is 16.3. The highest BCUT2D eigenvalue weighted by atomic mass is 16.3. The Morgan fingerprint density at radius 2 is 2.26 bits per heavy atom. The van der Waals surface area contributed by atoms with E-state index in [9.17, 15) is 4.79 Å². The van der Waals surface area contributed by atoms with Crippen LogP contribution >= 0.6 is 0 Å². The van der Waals surface area contributed by atoms with Gasteiger partial charge in [0.25, 0.3) is 0 Å². The topological polar surface area (TPSA) is 62.7 Å². The SMILES string of the molecule is CN1CCC(C)(C)N(Cc2ccco2)C(CN)C1=O. The molecular weight excluding hydrogens is 242 g/mol. The molecule has 106 valence electrons. The molecule has 1 aliphatic heterocycles. The first-order chi connectivity index (χ1) is 8.95. The lowest BCUT2D eigenvalue weighted by Gasteiger charge is -2.40. The molecule has 1 fully saturated rings. The van der Waals surface area contributed by atoms with E-state index in [-0.39, 0.29) is 17.5 Å². The molecular formula is C14H23N3O2. The summed E-state index contributed by atoms with van der Waals surface area (Å²) >= 11 is 0. The van der Waals surface area contributed by atoms with Crippen LogP contribution in [0.1, 0.15) is 26.0 Å². The van der Waals surface area contributed by atoms with Crippen LogP contribution in [-0.4, -0.2) is 47.4 Å². The summed E-state index contributed by atoms with van der Waals surface area (Å²) in [5.74, 6) is 0.962. The maximum atomic E-state index is 12.4. The van der Waals surface area contributed by atoms with Gasteiger partial charge in [-0.2, -0.15) is 0 Å². The fourth-order valence-corrected chi connectivity index (χ4v) is 2.63. The van der Waals surface area contributed by atoms with Crippen molar-refractivity contribution in [2.24, 2.45) is 5.73 Å². The fourth-order valence-electron chi connectivity index (χ4n) is 2.63. The molecule has 0 aromatic carbocycles. The third kappa shape index (κ3) is 2.82. The van der Waals surface area contributed by atoms with E-state index >= 15 is 0 Å². The average molecular weight is 265 g/mol. The van der Waals surface area contributed by atoms with Gasteiger partial charge in [0, 0.05) is 25.7 Å². The summed E-state index contributed by atoms with van der Waals surface area (Å²) in [5.41, 5.74) is 5.76. The quantitative estimate of drug-likeness (QED) is 0.887. The smallest absolute Gasteiger partial charge is 0.241 e. The Balaban J connectivity index is 2.29. The Morgan fingerprint density at radius 1 is 1.53 bits per heavy atom. The van der Waals surface area contributed by atoms with E-state index in [0.29, 0.717) is 13.1 Å². The highest BCUT2D eigenvalue weighted by Crippen LogP contribution is 2.28. The lowest BCUT2D eigenvalue weighted by molar-refractivity contribution is -0.135.